The molecule has 3 nitrogen and oxygen atoms in total. The van der Waals surface area contributed by atoms with Crippen LogP contribution in [0.25, 0.3) is 34.2 Å². The van der Waals surface area contributed by atoms with E-state index >= 15 is 0 Å². The van der Waals surface area contributed by atoms with Crippen LogP contribution in [-0.4, -0.2) is 23.0 Å². The molecule has 0 saturated carbocycles. The fourth-order valence-electron chi connectivity index (χ4n) is 8.06. The first kappa shape index (κ1) is 34.1. The zero-order chi connectivity index (χ0) is 36.0. The van der Waals surface area contributed by atoms with Crippen LogP contribution in [0.3, 0.4) is 0 Å². The molecule has 53 heavy (non-hydrogen) atoms. The number of aromatic nitrogens is 3. The standard InChI is InChI=1S/C49H43N3Si/c1-36-18-15-19-37(2)46(36)49-51-47(40-23-16-22-39(34-40)33-32-38-20-7-3-8-21-38)50-48(52-49)41-24-17-31-45(35-41)53(42-25-9-4-10-26-42,43-27-11-5-12-28-43)44-29-13-6-14-30-44/h3-29,31,34-35,44H,30,32-33H2,1-2H3. The van der Waals surface area contributed by atoms with E-state index in [1.807, 2.05) is 0 Å². The van der Waals surface area contributed by atoms with Gasteiger partial charge in [0.2, 0.25) is 0 Å². The number of hydrogen-bond donors (Lipinski definition) is 0. The number of aryl methyl sites for hydroxylation is 4. The smallest absolute Gasteiger partial charge is 0.164 e. The van der Waals surface area contributed by atoms with Gasteiger partial charge in [-0.1, -0.05) is 176 Å². The number of hydrogen-bond acceptors (Lipinski definition) is 3. The molecule has 6 aromatic carbocycles. The van der Waals surface area contributed by atoms with E-state index < -0.39 is 8.07 Å². The van der Waals surface area contributed by atoms with Gasteiger partial charge >= 0.3 is 0 Å². The number of nitrogens with zero attached hydrogens (tertiary/aromatic N) is 3. The Morgan fingerprint density at radius 3 is 1.62 bits per heavy atom. The average molecular weight is 702 g/mol. The van der Waals surface area contributed by atoms with Gasteiger partial charge in [-0.05, 0) is 82.5 Å². The lowest BCUT2D eigenvalue weighted by molar-refractivity contribution is 0.959. The third-order valence-corrected chi connectivity index (χ3v) is 15.9. The van der Waals surface area contributed by atoms with Gasteiger partial charge in [0.1, 0.15) is 0 Å². The van der Waals surface area contributed by atoms with Crippen LogP contribution in [0.15, 0.2) is 182 Å². The number of benzene rings is 6. The fourth-order valence-corrected chi connectivity index (χ4v) is 13.4. The zero-order valence-corrected chi connectivity index (χ0v) is 31.4. The van der Waals surface area contributed by atoms with Crippen LogP contribution >= 0.6 is 0 Å². The van der Waals surface area contributed by atoms with Gasteiger partial charge in [0, 0.05) is 16.7 Å². The van der Waals surface area contributed by atoms with E-state index in [1.54, 1.807) is 0 Å². The molecule has 4 heteroatoms. The summed E-state index contributed by atoms with van der Waals surface area (Å²) >= 11 is 0. The van der Waals surface area contributed by atoms with Crippen LogP contribution in [0, 0.1) is 13.8 Å². The summed E-state index contributed by atoms with van der Waals surface area (Å²) in [6.45, 7) is 4.28. The van der Waals surface area contributed by atoms with Gasteiger partial charge in [0.15, 0.2) is 25.5 Å². The highest BCUT2D eigenvalue weighted by molar-refractivity contribution is 7.12. The first-order valence-electron chi connectivity index (χ1n) is 18.6. The lowest BCUT2D eigenvalue weighted by atomic mass is 10.0. The van der Waals surface area contributed by atoms with E-state index in [0.717, 1.165) is 47.1 Å². The van der Waals surface area contributed by atoms with Crippen molar-refractivity contribution in [3.63, 3.8) is 0 Å². The second-order valence-electron chi connectivity index (χ2n) is 14.0. The Morgan fingerprint density at radius 2 is 1.00 bits per heavy atom. The summed E-state index contributed by atoms with van der Waals surface area (Å²) in [6.07, 6.45) is 12.1. The Morgan fingerprint density at radius 1 is 0.491 bits per heavy atom. The molecule has 0 N–H and O–H groups in total. The van der Waals surface area contributed by atoms with Crippen molar-refractivity contribution < 1.29 is 0 Å². The lowest BCUT2D eigenvalue weighted by Crippen LogP contribution is -2.69. The molecule has 0 radical (unpaired) electrons. The summed E-state index contributed by atoms with van der Waals surface area (Å²) in [5.41, 5.74) is 8.29. The highest BCUT2D eigenvalue weighted by Crippen LogP contribution is 2.33. The highest BCUT2D eigenvalue weighted by Gasteiger charge is 2.45. The minimum atomic E-state index is -2.61. The molecule has 1 aromatic heterocycles. The summed E-state index contributed by atoms with van der Waals surface area (Å²) in [6, 6.07) is 57.2. The van der Waals surface area contributed by atoms with E-state index in [2.05, 4.69) is 196 Å². The van der Waals surface area contributed by atoms with Crippen LogP contribution in [-0.2, 0) is 12.8 Å². The summed E-state index contributed by atoms with van der Waals surface area (Å²) in [5.74, 6) is 2.08. The van der Waals surface area contributed by atoms with Gasteiger partial charge in [0.25, 0.3) is 0 Å². The molecular formula is C49H43N3Si. The van der Waals surface area contributed by atoms with Gasteiger partial charge in [-0.15, -0.1) is 0 Å². The van der Waals surface area contributed by atoms with Crippen molar-refractivity contribution in [1.29, 1.82) is 0 Å². The molecule has 1 aliphatic rings. The van der Waals surface area contributed by atoms with Gasteiger partial charge in [-0.25, -0.2) is 15.0 Å². The third kappa shape index (κ3) is 6.98. The lowest BCUT2D eigenvalue weighted by Gasteiger charge is -2.40. The second-order valence-corrected chi connectivity index (χ2v) is 18.1. The second kappa shape index (κ2) is 15.3. The van der Waals surface area contributed by atoms with Gasteiger partial charge in [0.05, 0.1) is 0 Å². The topological polar surface area (TPSA) is 38.7 Å². The Hall–Kier alpha value is -5.97. The zero-order valence-electron chi connectivity index (χ0n) is 30.4. The number of rotatable bonds is 10. The average Bonchev–Trinajstić information content (AvgIpc) is 3.22. The summed E-state index contributed by atoms with van der Waals surface area (Å²) in [5, 5.41) is 4.14. The molecule has 1 heterocycles. The van der Waals surface area contributed by atoms with E-state index in [4.69, 9.17) is 15.0 Å². The first-order valence-corrected chi connectivity index (χ1v) is 20.7. The molecule has 0 bridgehead atoms. The summed E-state index contributed by atoms with van der Waals surface area (Å²) in [7, 11) is -2.61. The third-order valence-electron chi connectivity index (χ3n) is 10.6. The fraction of sp³-hybridized carbons (Fsp3) is 0.122. The van der Waals surface area contributed by atoms with Crippen molar-refractivity contribution in [3.8, 4) is 34.2 Å². The Kier molecular flexibility index (Phi) is 9.87. The van der Waals surface area contributed by atoms with Crippen molar-refractivity contribution in [2.24, 2.45) is 0 Å². The maximum atomic E-state index is 5.27. The molecular weight excluding hydrogens is 659 g/mol. The molecule has 8 rings (SSSR count). The predicted octanol–water partition coefficient (Wildman–Crippen LogP) is 9.63. The number of allylic oxidation sites excluding steroid dienone is 4. The van der Waals surface area contributed by atoms with E-state index in [0.29, 0.717) is 23.0 Å². The van der Waals surface area contributed by atoms with Crippen LogP contribution in [0.1, 0.15) is 28.7 Å². The summed E-state index contributed by atoms with van der Waals surface area (Å²) < 4.78 is 0. The van der Waals surface area contributed by atoms with Gasteiger partial charge < -0.3 is 0 Å². The first-order chi connectivity index (χ1) is 26.1. The van der Waals surface area contributed by atoms with Crippen LogP contribution in [0.2, 0.25) is 5.54 Å². The Balaban J connectivity index is 1.30. The van der Waals surface area contributed by atoms with Crippen molar-refractivity contribution in [2.45, 2.75) is 38.7 Å². The minimum Gasteiger partial charge on any atom is -0.208 e. The van der Waals surface area contributed by atoms with Crippen molar-refractivity contribution in [2.75, 3.05) is 0 Å². The molecule has 7 aromatic rings. The monoisotopic (exact) mass is 701 g/mol. The maximum Gasteiger partial charge on any atom is 0.164 e. The van der Waals surface area contributed by atoms with Crippen LogP contribution in [0.4, 0.5) is 0 Å². The maximum absolute atomic E-state index is 5.27. The molecule has 1 aliphatic carbocycles. The van der Waals surface area contributed by atoms with Gasteiger partial charge in [-0.2, -0.15) is 0 Å². The molecule has 0 saturated heterocycles. The Bertz CT molecular complexity index is 2340. The quantitative estimate of drug-likeness (QED) is 0.105. The van der Waals surface area contributed by atoms with E-state index in [-0.39, 0.29) is 0 Å². The van der Waals surface area contributed by atoms with Gasteiger partial charge in [-0.3, -0.25) is 0 Å². The molecule has 1 unspecified atom stereocenters. The van der Waals surface area contributed by atoms with Crippen LogP contribution in [0.5, 0.6) is 0 Å². The highest BCUT2D eigenvalue weighted by atomic mass is 28.3. The molecule has 1 atom stereocenters. The SMILES string of the molecule is Cc1cccc(C)c1-c1nc(-c2cccc(CCc3ccccc3)c2)nc(-c2cccc([Si](c3ccccc3)(c3ccccc3)C3C=CC=CC3)c2)n1. The van der Waals surface area contributed by atoms with E-state index in [1.165, 1.54) is 26.7 Å². The molecule has 258 valence electrons. The normalized spacial score (nSPS) is 14.0. The van der Waals surface area contributed by atoms with E-state index in [9.17, 15) is 0 Å². The molecule has 0 amide bonds. The molecule has 0 fully saturated rings. The molecule has 0 aliphatic heterocycles. The Labute approximate surface area is 314 Å². The van der Waals surface area contributed by atoms with Crippen LogP contribution < -0.4 is 15.6 Å². The largest absolute Gasteiger partial charge is 0.208 e. The van der Waals surface area contributed by atoms with Crippen molar-refractivity contribution in [1.82, 2.24) is 15.0 Å². The predicted molar refractivity (Wildman–Crippen MR) is 224 cm³/mol. The summed E-state index contributed by atoms with van der Waals surface area (Å²) in [4.78, 5) is 15.7. The van der Waals surface area contributed by atoms with Crippen molar-refractivity contribution in [3.05, 3.63) is 204 Å². The van der Waals surface area contributed by atoms with Crippen molar-refractivity contribution >= 4 is 23.6 Å². The molecule has 0 spiro atoms. The minimum absolute atomic E-state index is 0.338.